The Balaban J connectivity index is 2.36. The molecule has 0 saturated heterocycles. The monoisotopic (exact) mass is 143 g/mol. The molecule has 1 aliphatic heterocycles. The Hall–Kier alpha value is -0.570. The Morgan fingerprint density at radius 3 is 2.90 bits per heavy atom. The van der Waals surface area contributed by atoms with Crippen molar-refractivity contribution in [3.8, 4) is 0 Å². The first-order valence-corrected chi connectivity index (χ1v) is 3.63. The van der Waals surface area contributed by atoms with Crippen molar-refractivity contribution < 1.29 is 9.94 Å². The minimum atomic E-state index is -0.409. The van der Waals surface area contributed by atoms with Gasteiger partial charge in [0.25, 0.3) is 0 Å². The van der Waals surface area contributed by atoms with Gasteiger partial charge in [-0.25, -0.2) is 0 Å². The molecule has 0 fully saturated rings. The second-order valence-corrected chi connectivity index (χ2v) is 2.60. The zero-order valence-corrected chi connectivity index (χ0v) is 6.37. The van der Waals surface area contributed by atoms with Crippen molar-refractivity contribution in [2.75, 3.05) is 0 Å². The van der Waals surface area contributed by atoms with Crippen LogP contribution in [0, 0.1) is 0 Å². The molecule has 0 aromatic heterocycles. The van der Waals surface area contributed by atoms with Crippen LogP contribution in [0.2, 0.25) is 0 Å². The van der Waals surface area contributed by atoms with Gasteiger partial charge in [0.1, 0.15) is 0 Å². The average molecular weight is 143 g/mol. The topological polar surface area (TPSA) is 41.8 Å². The molecule has 0 amide bonds. The molecule has 0 aromatic rings. The molecule has 0 spiro atoms. The summed E-state index contributed by atoms with van der Waals surface area (Å²) in [5.41, 5.74) is 1.05. The molecule has 0 aliphatic carbocycles. The van der Waals surface area contributed by atoms with E-state index in [9.17, 15) is 0 Å². The van der Waals surface area contributed by atoms with E-state index in [1.54, 1.807) is 6.92 Å². The maximum absolute atomic E-state index is 9.07. The molecule has 2 atom stereocenters. The normalized spacial score (nSPS) is 27.5. The van der Waals surface area contributed by atoms with Crippen LogP contribution in [0.1, 0.15) is 26.7 Å². The lowest BCUT2D eigenvalue weighted by atomic mass is 10.1. The van der Waals surface area contributed by atoms with E-state index in [1.165, 1.54) is 0 Å². The summed E-state index contributed by atoms with van der Waals surface area (Å²) in [5, 5.41) is 12.9. The standard InChI is InChI=1S/C7H13NO2/c1-3-6-4-7(5(2)9)10-8-6/h5,7,9H,3-4H2,1-2H3/t5-,7-/m1/s1. The van der Waals surface area contributed by atoms with Gasteiger partial charge in [-0.1, -0.05) is 12.1 Å². The fourth-order valence-corrected chi connectivity index (χ4v) is 0.917. The number of hydrogen-bond donors (Lipinski definition) is 1. The molecule has 0 saturated carbocycles. The average Bonchev–Trinajstić information content (AvgIpc) is 2.34. The predicted octanol–water partition coefficient (Wildman–Crippen LogP) is 0.922. The van der Waals surface area contributed by atoms with Crippen LogP contribution in [0.4, 0.5) is 0 Å². The quantitative estimate of drug-likeness (QED) is 0.624. The van der Waals surface area contributed by atoms with Gasteiger partial charge in [0.15, 0.2) is 6.10 Å². The van der Waals surface area contributed by atoms with Crippen molar-refractivity contribution in [3.05, 3.63) is 0 Å². The van der Waals surface area contributed by atoms with Gasteiger partial charge in [0.2, 0.25) is 0 Å². The Morgan fingerprint density at radius 2 is 2.60 bits per heavy atom. The van der Waals surface area contributed by atoms with E-state index >= 15 is 0 Å². The summed E-state index contributed by atoms with van der Waals surface area (Å²) in [6, 6.07) is 0. The number of oxime groups is 1. The smallest absolute Gasteiger partial charge is 0.158 e. The van der Waals surface area contributed by atoms with Gasteiger partial charge in [-0.15, -0.1) is 0 Å². The lowest BCUT2D eigenvalue weighted by molar-refractivity contribution is -0.00780. The van der Waals surface area contributed by atoms with Gasteiger partial charge in [-0.2, -0.15) is 0 Å². The Labute approximate surface area is 60.7 Å². The van der Waals surface area contributed by atoms with Crippen LogP contribution < -0.4 is 0 Å². The summed E-state index contributed by atoms with van der Waals surface area (Å²) in [4.78, 5) is 4.96. The fraction of sp³-hybridized carbons (Fsp3) is 0.857. The first-order valence-electron chi connectivity index (χ1n) is 3.63. The summed E-state index contributed by atoms with van der Waals surface area (Å²) in [6.07, 6.45) is 1.19. The van der Waals surface area contributed by atoms with Crippen molar-refractivity contribution in [2.24, 2.45) is 5.16 Å². The van der Waals surface area contributed by atoms with Gasteiger partial charge < -0.3 is 9.94 Å². The zero-order valence-electron chi connectivity index (χ0n) is 6.37. The van der Waals surface area contributed by atoms with Crippen molar-refractivity contribution in [1.82, 2.24) is 0 Å². The Kier molecular flexibility index (Phi) is 2.27. The van der Waals surface area contributed by atoms with Crippen LogP contribution >= 0.6 is 0 Å². The van der Waals surface area contributed by atoms with E-state index in [0.29, 0.717) is 0 Å². The molecule has 1 rings (SSSR count). The summed E-state index contributed by atoms with van der Waals surface area (Å²) in [6.45, 7) is 3.76. The summed E-state index contributed by atoms with van der Waals surface area (Å²) in [7, 11) is 0. The van der Waals surface area contributed by atoms with E-state index in [2.05, 4.69) is 5.16 Å². The predicted molar refractivity (Wildman–Crippen MR) is 38.9 cm³/mol. The molecular formula is C7H13NO2. The lowest BCUT2D eigenvalue weighted by Gasteiger charge is -2.09. The maximum Gasteiger partial charge on any atom is 0.158 e. The van der Waals surface area contributed by atoms with E-state index < -0.39 is 6.10 Å². The third-order valence-electron chi connectivity index (χ3n) is 1.70. The highest BCUT2D eigenvalue weighted by atomic mass is 16.6. The highest BCUT2D eigenvalue weighted by molar-refractivity contribution is 5.85. The van der Waals surface area contributed by atoms with E-state index in [-0.39, 0.29) is 6.10 Å². The Bertz CT molecular complexity index is 143. The van der Waals surface area contributed by atoms with Crippen LogP contribution in [0.15, 0.2) is 5.16 Å². The minimum absolute atomic E-state index is 0.102. The molecule has 10 heavy (non-hydrogen) atoms. The minimum Gasteiger partial charge on any atom is -0.389 e. The lowest BCUT2D eigenvalue weighted by Crippen LogP contribution is -2.22. The van der Waals surface area contributed by atoms with E-state index in [1.807, 2.05) is 6.92 Å². The van der Waals surface area contributed by atoms with Crippen molar-refractivity contribution in [3.63, 3.8) is 0 Å². The van der Waals surface area contributed by atoms with Crippen LogP contribution in [0.25, 0.3) is 0 Å². The molecule has 0 aromatic carbocycles. The second-order valence-electron chi connectivity index (χ2n) is 2.60. The number of rotatable bonds is 2. The number of hydrogen-bond acceptors (Lipinski definition) is 3. The van der Waals surface area contributed by atoms with E-state index in [4.69, 9.17) is 9.94 Å². The van der Waals surface area contributed by atoms with Crippen LogP contribution in [-0.2, 0) is 4.84 Å². The van der Waals surface area contributed by atoms with Gasteiger partial charge >= 0.3 is 0 Å². The van der Waals surface area contributed by atoms with Crippen molar-refractivity contribution in [1.29, 1.82) is 0 Å². The zero-order chi connectivity index (χ0) is 7.56. The first kappa shape index (κ1) is 7.54. The molecular weight excluding hydrogens is 130 g/mol. The molecule has 0 bridgehead atoms. The summed E-state index contributed by atoms with van der Waals surface area (Å²) < 4.78 is 0. The molecule has 0 unspecified atom stereocenters. The molecule has 0 radical (unpaired) electrons. The molecule has 1 N–H and O–H groups in total. The van der Waals surface area contributed by atoms with Gasteiger partial charge in [0.05, 0.1) is 11.8 Å². The van der Waals surface area contributed by atoms with E-state index in [0.717, 1.165) is 18.6 Å². The maximum atomic E-state index is 9.07. The number of aliphatic hydroxyl groups is 1. The van der Waals surface area contributed by atoms with Crippen LogP contribution in [0.3, 0.4) is 0 Å². The van der Waals surface area contributed by atoms with Crippen molar-refractivity contribution >= 4 is 5.71 Å². The Morgan fingerprint density at radius 1 is 1.90 bits per heavy atom. The molecule has 1 aliphatic rings. The van der Waals surface area contributed by atoms with Crippen LogP contribution in [0.5, 0.6) is 0 Å². The number of nitrogens with zero attached hydrogens (tertiary/aromatic N) is 1. The van der Waals surface area contributed by atoms with Crippen molar-refractivity contribution in [2.45, 2.75) is 38.9 Å². The molecule has 1 heterocycles. The largest absolute Gasteiger partial charge is 0.389 e. The number of aliphatic hydroxyl groups excluding tert-OH is 1. The SMILES string of the molecule is CCC1=NO[C@@H]([C@@H](C)O)C1. The van der Waals surface area contributed by atoms with Gasteiger partial charge in [-0.05, 0) is 13.3 Å². The van der Waals surface area contributed by atoms with Gasteiger partial charge in [0, 0.05) is 6.42 Å². The molecule has 58 valence electrons. The summed E-state index contributed by atoms with van der Waals surface area (Å²) in [5.74, 6) is 0. The molecule has 3 heteroatoms. The third-order valence-corrected chi connectivity index (χ3v) is 1.70. The van der Waals surface area contributed by atoms with Crippen LogP contribution in [-0.4, -0.2) is 23.0 Å². The highest BCUT2D eigenvalue weighted by Gasteiger charge is 2.23. The third kappa shape index (κ3) is 1.48. The highest BCUT2D eigenvalue weighted by Crippen LogP contribution is 2.15. The first-order chi connectivity index (χ1) is 4.74. The van der Waals surface area contributed by atoms with Gasteiger partial charge in [-0.3, -0.25) is 0 Å². The fourth-order valence-electron chi connectivity index (χ4n) is 0.917. The second kappa shape index (κ2) is 3.01. The summed E-state index contributed by atoms with van der Waals surface area (Å²) >= 11 is 0. The molecule has 3 nitrogen and oxygen atoms in total.